The number of aliphatic imine (C=N–C) groups is 1. The second kappa shape index (κ2) is 5.96. The molecule has 0 fully saturated rings. The fourth-order valence-corrected chi connectivity index (χ4v) is 1.65. The van der Waals surface area contributed by atoms with E-state index in [-0.39, 0.29) is 5.91 Å². The summed E-state index contributed by atoms with van der Waals surface area (Å²) >= 11 is 0. The van der Waals surface area contributed by atoms with E-state index in [1.807, 2.05) is 61.5 Å². The van der Waals surface area contributed by atoms with Gasteiger partial charge in [0.1, 0.15) is 0 Å². The van der Waals surface area contributed by atoms with E-state index in [9.17, 15) is 4.79 Å². The lowest BCUT2D eigenvalue weighted by atomic mass is 10.2. The van der Waals surface area contributed by atoms with Crippen LogP contribution >= 0.6 is 0 Å². The molecular formula is C16H16N2O. The fourth-order valence-electron chi connectivity index (χ4n) is 1.65. The molecule has 3 heteroatoms. The number of hydrogen-bond acceptors (Lipinski definition) is 2. The van der Waals surface area contributed by atoms with Gasteiger partial charge < -0.3 is 4.90 Å². The normalized spacial score (nSPS) is 10.6. The number of carbonyl (C=O) groups is 1. The number of nitrogens with zero attached hydrogens (tertiary/aromatic N) is 2. The fraction of sp³-hybridized carbons (Fsp3) is 0.125. The third-order valence-corrected chi connectivity index (χ3v) is 2.76. The highest BCUT2D eigenvalue weighted by molar-refractivity contribution is 6.01. The highest BCUT2D eigenvalue weighted by Crippen LogP contribution is 2.11. The first kappa shape index (κ1) is 13.0. The Bertz CT molecular complexity index is 571. The summed E-state index contributed by atoms with van der Waals surface area (Å²) in [5.41, 5.74) is 2.63. The SMILES string of the molecule is CN(C)c1ccc(C=NC(=O)c2ccccc2)cc1. The van der Waals surface area contributed by atoms with Gasteiger partial charge in [0.05, 0.1) is 0 Å². The molecule has 0 aliphatic rings. The Kier molecular flexibility index (Phi) is 4.08. The average Bonchev–Trinajstić information content (AvgIpc) is 2.46. The second-order valence-electron chi connectivity index (χ2n) is 4.42. The van der Waals surface area contributed by atoms with Crippen molar-refractivity contribution in [2.75, 3.05) is 19.0 Å². The summed E-state index contributed by atoms with van der Waals surface area (Å²) in [5.74, 6) is -0.225. The second-order valence-corrected chi connectivity index (χ2v) is 4.42. The Morgan fingerprint density at radius 2 is 1.63 bits per heavy atom. The van der Waals surface area contributed by atoms with Gasteiger partial charge in [0.2, 0.25) is 0 Å². The van der Waals surface area contributed by atoms with Gasteiger partial charge in [-0.2, -0.15) is 0 Å². The van der Waals surface area contributed by atoms with Gasteiger partial charge in [-0.05, 0) is 29.8 Å². The number of hydrogen-bond donors (Lipinski definition) is 0. The van der Waals surface area contributed by atoms with E-state index in [4.69, 9.17) is 0 Å². The van der Waals surface area contributed by atoms with Crippen LogP contribution in [-0.2, 0) is 0 Å². The monoisotopic (exact) mass is 252 g/mol. The average molecular weight is 252 g/mol. The number of anilines is 1. The van der Waals surface area contributed by atoms with Gasteiger partial charge in [-0.25, -0.2) is 4.99 Å². The van der Waals surface area contributed by atoms with Crippen molar-refractivity contribution >= 4 is 17.8 Å². The van der Waals surface area contributed by atoms with Gasteiger partial charge >= 0.3 is 0 Å². The van der Waals surface area contributed by atoms with E-state index < -0.39 is 0 Å². The maximum absolute atomic E-state index is 11.8. The minimum Gasteiger partial charge on any atom is -0.378 e. The summed E-state index contributed by atoms with van der Waals surface area (Å²) in [6.45, 7) is 0. The molecule has 2 aromatic rings. The summed E-state index contributed by atoms with van der Waals surface area (Å²) < 4.78 is 0. The lowest BCUT2D eigenvalue weighted by Gasteiger charge is -2.11. The van der Waals surface area contributed by atoms with E-state index in [2.05, 4.69) is 4.99 Å². The molecule has 2 rings (SSSR count). The minimum atomic E-state index is -0.225. The van der Waals surface area contributed by atoms with Gasteiger partial charge in [0, 0.05) is 31.6 Å². The molecule has 3 nitrogen and oxygen atoms in total. The number of benzene rings is 2. The van der Waals surface area contributed by atoms with Crippen molar-refractivity contribution in [2.24, 2.45) is 4.99 Å². The molecule has 0 bridgehead atoms. The molecule has 0 heterocycles. The van der Waals surface area contributed by atoms with Crippen LogP contribution < -0.4 is 4.90 Å². The lowest BCUT2D eigenvalue weighted by molar-refractivity contribution is 0.100. The first-order valence-electron chi connectivity index (χ1n) is 6.07. The molecule has 0 radical (unpaired) electrons. The molecule has 19 heavy (non-hydrogen) atoms. The summed E-state index contributed by atoms with van der Waals surface area (Å²) in [6, 6.07) is 16.9. The smallest absolute Gasteiger partial charge is 0.276 e. The Balaban J connectivity index is 2.08. The first-order valence-corrected chi connectivity index (χ1v) is 6.07. The summed E-state index contributed by atoms with van der Waals surface area (Å²) in [6.07, 6.45) is 1.59. The molecule has 2 aromatic carbocycles. The molecule has 0 saturated heterocycles. The van der Waals surface area contributed by atoms with Gasteiger partial charge in [-0.15, -0.1) is 0 Å². The Hall–Kier alpha value is -2.42. The number of carbonyl (C=O) groups excluding carboxylic acids is 1. The van der Waals surface area contributed by atoms with Gasteiger partial charge in [0.15, 0.2) is 0 Å². The quantitative estimate of drug-likeness (QED) is 0.787. The maximum atomic E-state index is 11.8. The van der Waals surface area contributed by atoms with Crippen LogP contribution in [0.4, 0.5) is 5.69 Å². The largest absolute Gasteiger partial charge is 0.378 e. The van der Waals surface area contributed by atoms with Crippen LogP contribution in [-0.4, -0.2) is 26.2 Å². The Morgan fingerprint density at radius 1 is 1.00 bits per heavy atom. The van der Waals surface area contributed by atoms with Crippen molar-refractivity contribution in [3.8, 4) is 0 Å². The maximum Gasteiger partial charge on any atom is 0.276 e. The van der Waals surface area contributed by atoms with Crippen molar-refractivity contribution in [1.82, 2.24) is 0 Å². The predicted octanol–water partition coefficient (Wildman–Crippen LogP) is 3.01. The summed E-state index contributed by atoms with van der Waals surface area (Å²) in [7, 11) is 3.98. The number of amides is 1. The molecule has 0 saturated carbocycles. The molecule has 96 valence electrons. The Morgan fingerprint density at radius 3 is 2.21 bits per heavy atom. The van der Waals surface area contributed by atoms with Crippen LogP contribution in [0, 0.1) is 0 Å². The lowest BCUT2D eigenvalue weighted by Crippen LogP contribution is -2.08. The third-order valence-electron chi connectivity index (χ3n) is 2.76. The molecule has 0 aliphatic heterocycles. The van der Waals surface area contributed by atoms with Crippen molar-refractivity contribution in [2.45, 2.75) is 0 Å². The molecule has 1 amide bonds. The summed E-state index contributed by atoms with van der Waals surface area (Å²) in [4.78, 5) is 17.8. The Labute approximate surface area is 113 Å². The van der Waals surface area contributed by atoms with E-state index in [1.54, 1.807) is 18.3 Å². The van der Waals surface area contributed by atoms with Crippen LogP contribution in [0.3, 0.4) is 0 Å². The van der Waals surface area contributed by atoms with E-state index >= 15 is 0 Å². The van der Waals surface area contributed by atoms with E-state index in [1.165, 1.54) is 0 Å². The molecule has 0 spiro atoms. The molecule has 0 unspecified atom stereocenters. The molecule has 0 aromatic heterocycles. The topological polar surface area (TPSA) is 32.7 Å². The van der Waals surface area contributed by atoms with Gasteiger partial charge in [0.25, 0.3) is 5.91 Å². The van der Waals surface area contributed by atoms with Crippen LogP contribution in [0.25, 0.3) is 0 Å². The van der Waals surface area contributed by atoms with E-state index in [0.29, 0.717) is 5.56 Å². The molecule has 0 N–H and O–H groups in total. The molecule has 0 atom stereocenters. The van der Waals surface area contributed by atoms with Crippen LogP contribution in [0.2, 0.25) is 0 Å². The van der Waals surface area contributed by atoms with Crippen LogP contribution in [0.15, 0.2) is 59.6 Å². The van der Waals surface area contributed by atoms with Crippen molar-refractivity contribution in [3.63, 3.8) is 0 Å². The molecular weight excluding hydrogens is 236 g/mol. The van der Waals surface area contributed by atoms with Crippen LogP contribution in [0.5, 0.6) is 0 Å². The summed E-state index contributed by atoms with van der Waals surface area (Å²) in [5, 5.41) is 0. The zero-order valence-corrected chi connectivity index (χ0v) is 11.1. The predicted molar refractivity (Wildman–Crippen MR) is 79.1 cm³/mol. The highest BCUT2D eigenvalue weighted by atomic mass is 16.1. The first-order chi connectivity index (χ1) is 9.16. The standard InChI is InChI=1S/C16H16N2O/c1-18(2)15-10-8-13(9-11-15)12-17-16(19)14-6-4-3-5-7-14/h3-12H,1-2H3. The van der Waals surface area contributed by atoms with Crippen molar-refractivity contribution in [3.05, 3.63) is 65.7 Å². The highest BCUT2D eigenvalue weighted by Gasteiger charge is 2.01. The third kappa shape index (κ3) is 3.52. The molecule has 0 aliphatic carbocycles. The van der Waals surface area contributed by atoms with E-state index in [0.717, 1.165) is 11.3 Å². The zero-order valence-electron chi connectivity index (χ0n) is 11.1. The van der Waals surface area contributed by atoms with Crippen LogP contribution in [0.1, 0.15) is 15.9 Å². The van der Waals surface area contributed by atoms with Gasteiger partial charge in [-0.3, -0.25) is 4.79 Å². The van der Waals surface area contributed by atoms with Gasteiger partial charge in [-0.1, -0.05) is 30.3 Å². The zero-order chi connectivity index (χ0) is 13.7. The van der Waals surface area contributed by atoms with Crippen molar-refractivity contribution < 1.29 is 4.79 Å². The van der Waals surface area contributed by atoms with Crippen molar-refractivity contribution in [1.29, 1.82) is 0 Å². The number of rotatable bonds is 3. The minimum absolute atomic E-state index is 0.225.